The van der Waals surface area contributed by atoms with Gasteiger partial charge in [-0.25, -0.2) is 0 Å². The Labute approximate surface area is 92.7 Å². The number of hydrogen-bond donors (Lipinski definition) is 2. The van der Waals surface area contributed by atoms with Crippen molar-refractivity contribution in [3.8, 4) is 0 Å². The second kappa shape index (κ2) is 3.36. The lowest BCUT2D eigenvalue weighted by Crippen LogP contribution is -2.68. The van der Waals surface area contributed by atoms with E-state index in [0.717, 1.165) is 12.3 Å². The van der Waals surface area contributed by atoms with Gasteiger partial charge < -0.3 is 10.8 Å². The summed E-state index contributed by atoms with van der Waals surface area (Å²) in [6, 6.07) is 0. The molecule has 0 saturated heterocycles. The van der Waals surface area contributed by atoms with Gasteiger partial charge in [0.25, 0.3) is 0 Å². The number of nitrogens with two attached hydrogens (primary N) is 1. The summed E-state index contributed by atoms with van der Waals surface area (Å²) < 4.78 is 0. The molecule has 0 radical (unpaired) electrons. The van der Waals surface area contributed by atoms with Crippen molar-refractivity contribution >= 4 is 12.4 Å². The zero-order valence-electron chi connectivity index (χ0n) is 9.29. The molecule has 3 fully saturated rings. The maximum absolute atomic E-state index is 9.26. The van der Waals surface area contributed by atoms with Crippen LogP contribution in [0, 0.1) is 23.2 Å². The highest BCUT2D eigenvalue weighted by Gasteiger charge is 2.61. The molecule has 84 valence electrons. The molecule has 3 N–H and O–H groups in total. The standard InChI is InChI=1S/C11H21NO.ClH/c1-10(2)7-4-8(6-13)11(3,12)9(10)5-7;/h7-9,13H,4-6,12H2,1-3H3;1H/t7-,8+,9+,11-;/m0./s1. The van der Waals surface area contributed by atoms with Crippen LogP contribution in [0.2, 0.25) is 0 Å². The van der Waals surface area contributed by atoms with Gasteiger partial charge in [-0.1, -0.05) is 13.8 Å². The normalized spacial score (nSPS) is 49.1. The first-order valence-electron chi connectivity index (χ1n) is 5.30. The Kier molecular flexibility index (Phi) is 2.95. The minimum atomic E-state index is -0.146. The van der Waals surface area contributed by atoms with Crippen LogP contribution in [0.1, 0.15) is 33.6 Å². The topological polar surface area (TPSA) is 46.2 Å². The molecule has 0 heterocycles. The van der Waals surface area contributed by atoms with E-state index in [1.165, 1.54) is 6.42 Å². The van der Waals surface area contributed by atoms with E-state index in [9.17, 15) is 5.11 Å². The third kappa shape index (κ3) is 1.31. The van der Waals surface area contributed by atoms with Gasteiger partial charge in [0.05, 0.1) is 0 Å². The average Bonchev–Trinajstić information content (AvgIpc) is 2.01. The predicted octanol–water partition coefficient (Wildman–Crippen LogP) is 1.80. The Hall–Kier alpha value is 0.210. The molecule has 3 aliphatic carbocycles. The highest BCUT2D eigenvalue weighted by atomic mass is 35.5. The predicted molar refractivity (Wildman–Crippen MR) is 60.4 cm³/mol. The molecule has 3 aliphatic rings. The first kappa shape index (κ1) is 12.3. The molecule has 4 atom stereocenters. The molecular weight excluding hydrogens is 198 g/mol. The van der Waals surface area contributed by atoms with Gasteiger partial charge in [0, 0.05) is 18.1 Å². The summed E-state index contributed by atoms with van der Waals surface area (Å²) in [6.45, 7) is 7.03. The molecule has 0 spiro atoms. The van der Waals surface area contributed by atoms with E-state index in [1.807, 2.05) is 0 Å². The number of fused-ring (bicyclic) bond motifs is 2. The first-order valence-corrected chi connectivity index (χ1v) is 5.30. The maximum atomic E-state index is 9.26. The lowest BCUT2D eigenvalue weighted by molar-refractivity contribution is -0.149. The van der Waals surface area contributed by atoms with Crippen molar-refractivity contribution in [3.05, 3.63) is 0 Å². The van der Waals surface area contributed by atoms with Crippen LogP contribution in [-0.2, 0) is 0 Å². The number of hydrogen-bond acceptors (Lipinski definition) is 2. The number of aliphatic hydroxyl groups excluding tert-OH is 1. The highest BCUT2D eigenvalue weighted by molar-refractivity contribution is 5.85. The lowest BCUT2D eigenvalue weighted by Gasteiger charge is -2.66. The van der Waals surface area contributed by atoms with Crippen molar-refractivity contribution in [2.45, 2.75) is 39.2 Å². The molecule has 0 aliphatic heterocycles. The van der Waals surface area contributed by atoms with Crippen molar-refractivity contribution in [2.24, 2.45) is 28.9 Å². The van der Waals surface area contributed by atoms with E-state index in [4.69, 9.17) is 5.73 Å². The van der Waals surface area contributed by atoms with E-state index in [0.29, 0.717) is 17.3 Å². The summed E-state index contributed by atoms with van der Waals surface area (Å²) in [4.78, 5) is 0. The average molecular weight is 220 g/mol. The summed E-state index contributed by atoms with van der Waals surface area (Å²) in [5, 5.41) is 9.26. The van der Waals surface area contributed by atoms with Crippen LogP contribution in [0.25, 0.3) is 0 Å². The van der Waals surface area contributed by atoms with Crippen LogP contribution < -0.4 is 5.73 Å². The Morgan fingerprint density at radius 3 is 2.21 bits per heavy atom. The molecule has 3 rings (SSSR count). The van der Waals surface area contributed by atoms with Gasteiger partial charge >= 0.3 is 0 Å². The van der Waals surface area contributed by atoms with Gasteiger partial charge in [0.1, 0.15) is 0 Å². The van der Waals surface area contributed by atoms with Crippen LogP contribution in [0.3, 0.4) is 0 Å². The molecule has 3 heteroatoms. The fourth-order valence-corrected chi connectivity index (χ4v) is 3.62. The van der Waals surface area contributed by atoms with Crippen molar-refractivity contribution in [3.63, 3.8) is 0 Å². The minimum absolute atomic E-state index is 0. The number of aliphatic hydroxyl groups is 1. The second-order valence-corrected chi connectivity index (χ2v) is 5.79. The summed E-state index contributed by atoms with van der Waals surface area (Å²) in [5.74, 6) is 1.73. The van der Waals surface area contributed by atoms with E-state index >= 15 is 0 Å². The Morgan fingerprint density at radius 2 is 1.86 bits per heavy atom. The molecule has 2 bridgehead atoms. The number of halogens is 1. The fourth-order valence-electron chi connectivity index (χ4n) is 3.62. The molecule has 0 aromatic rings. The zero-order valence-corrected chi connectivity index (χ0v) is 10.1. The van der Waals surface area contributed by atoms with Gasteiger partial charge in [-0.3, -0.25) is 0 Å². The number of rotatable bonds is 1. The molecule has 2 nitrogen and oxygen atoms in total. The van der Waals surface area contributed by atoms with Crippen molar-refractivity contribution in [1.29, 1.82) is 0 Å². The Bertz CT molecular complexity index is 227. The van der Waals surface area contributed by atoms with E-state index in [2.05, 4.69) is 20.8 Å². The largest absolute Gasteiger partial charge is 0.396 e. The summed E-state index contributed by atoms with van der Waals surface area (Å²) >= 11 is 0. The molecular formula is C11H22ClNO. The van der Waals surface area contributed by atoms with Gasteiger partial charge in [-0.05, 0) is 37.0 Å². The first-order chi connectivity index (χ1) is 5.90. The van der Waals surface area contributed by atoms with Crippen LogP contribution in [0.15, 0.2) is 0 Å². The smallest absolute Gasteiger partial charge is 0.0476 e. The van der Waals surface area contributed by atoms with Gasteiger partial charge in [-0.15, -0.1) is 12.4 Å². The summed E-state index contributed by atoms with van der Waals surface area (Å²) in [6.07, 6.45) is 2.39. The van der Waals surface area contributed by atoms with Crippen molar-refractivity contribution < 1.29 is 5.11 Å². The van der Waals surface area contributed by atoms with E-state index in [1.54, 1.807) is 0 Å². The van der Waals surface area contributed by atoms with Gasteiger partial charge in [0.15, 0.2) is 0 Å². The molecule has 0 aromatic heterocycles. The van der Waals surface area contributed by atoms with Crippen LogP contribution >= 0.6 is 12.4 Å². The minimum Gasteiger partial charge on any atom is -0.396 e. The monoisotopic (exact) mass is 219 g/mol. The molecule has 3 saturated carbocycles. The van der Waals surface area contributed by atoms with Crippen molar-refractivity contribution in [1.82, 2.24) is 0 Å². The third-order valence-electron chi connectivity index (χ3n) is 4.89. The molecule has 0 unspecified atom stereocenters. The van der Waals surface area contributed by atoms with Crippen LogP contribution in [0.4, 0.5) is 0 Å². The SMILES string of the molecule is CC1(C)[C@H]2C[C@H](CO)[C@](C)(N)[C@@H]1C2.Cl. The summed E-state index contributed by atoms with van der Waals surface area (Å²) in [7, 11) is 0. The lowest BCUT2D eigenvalue weighted by atomic mass is 9.41. The zero-order chi connectivity index (χ0) is 9.85. The maximum Gasteiger partial charge on any atom is 0.0476 e. The Morgan fingerprint density at radius 1 is 1.29 bits per heavy atom. The van der Waals surface area contributed by atoms with Gasteiger partial charge in [0.2, 0.25) is 0 Å². The summed E-state index contributed by atoms with van der Waals surface area (Å²) in [5.41, 5.74) is 6.60. The quantitative estimate of drug-likeness (QED) is 0.707. The molecule has 0 amide bonds. The van der Waals surface area contributed by atoms with E-state index in [-0.39, 0.29) is 24.6 Å². The highest BCUT2D eigenvalue weighted by Crippen LogP contribution is 2.63. The second-order valence-electron chi connectivity index (χ2n) is 5.79. The van der Waals surface area contributed by atoms with Crippen molar-refractivity contribution in [2.75, 3.05) is 6.61 Å². The fraction of sp³-hybridized carbons (Fsp3) is 1.00. The molecule has 0 aromatic carbocycles. The molecule has 14 heavy (non-hydrogen) atoms. The van der Waals surface area contributed by atoms with Crippen LogP contribution in [-0.4, -0.2) is 17.3 Å². The Balaban J connectivity index is 0.000000980. The van der Waals surface area contributed by atoms with E-state index < -0.39 is 0 Å². The van der Waals surface area contributed by atoms with Crippen LogP contribution in [0.5, 0.6) is 0 Å². The van der Waals surface area contributed by atoms with Gasteiger partial charge in [-0.2, -0.15) is 0 Å². The third-order valence-corrected chi connectivity index (χ3v) is 4.89.